The van der Waals surface area contributed by atoms with Gasteiger partial charge in [-0.1, -0.05) is 0 Å². The highest BCUT2D eigenvalue weighted by Crippen LogP contribution is 2.31. The lowest BCUT2D eigenvalue weighted by Crippen LogP contribution is -2.55. The van der Waals surface area contributed by atoms with E-state index >= 15 is 0 Å². The molecule has 1 atom stereocenters. The molecule has 5 nitrogen and oxygen atoms in total. The molecule has 2 N–H and O–H groups in total. The lowest BCUT2D eigenvalue weighted by molar-refractivity contribution is 0.0675. The van der Waals surface area contributed by atoms with Crippen LogP contribution in [0.25, 0.3) is 0 Å². The molecule has 2 heterocycles. The molecule has 0 amide bonds. The summed E-state index contributed by atoms with van der Waals surface area (Å²) >= 11 is 2.05. The number of rotatable bonds is 5. The van der Waals surface area contributed by atoms with Gasteiger partial charge in [-0.2, -0.15) is 11.8 Å². The number of likely N-dealkylation sites (N-methyl/N-ethyl adjacent to an activating group) is 1. The van der Waals surface area contributed by atoms with Crippen LogP contribution in [-0.4, -0.2) is 75.4 Å². The molecule has 2 fully saturated rings. The van der Waals surface area contributed by atoms with Gasteiger partial charge in [-0.05, 0) is 45.0 Å². The Labute approximate surface area is 156 Å². The number of thioether (sulfide) groups is 1. The van der Waals surface area contributed by atoms with Crippen LogP contribution in [0.2, 0.25) is 0 Å². The van der Waals surface area contributed by atoms with Crippen LogP contribution in [-0.2, 0) is 4.74 Å². The van der Waals surface area contributed by atoms with Gasteiger partial charge in [0.25, 0.3) is 0 Å². The molecular weight excluding hydrogens is 411 g/mol. The van der Waals surface area contributed by atoms with Gasteiger partial charge in [-0.3, -0.25) is 4.99 Å². The van der Waals surface area contributed by atoms with Gasteiger partial charge in [0, 0.05) is 44.6 Å². The number of nitrogens with zero attached hydrogens (tertiary/aromatic N) is 2. The number of nitrogens with one attached hydrogen (secondary N) is 2. The summed E-state index contributed by atoms with van der Waals surface area (Å²) in [5.41, 5.74) is 0.265. The minimum absolute atomic E-state index is 0. The molecule has 0 bridgehead atoms. The summed E-state index contributed by atoms with van der Waals surface area (Å²) in [6.45, 7) is 3.76. The number of hydrogen-bond donors (Lipinski definition) is 2. The van der Waals surface area contributed by atoms with E-state index in [0.29, 0.717) is 5.92 Å². The summed E-state index contributed by atoms with van der Waals surface area (Å²) in [5, 5.41) is 7.00. The SMILES string of the molecule is CN=C(NCC1CCOCC1)NCC1(N(C)C)CCSC1.I. The number of hydrogen-bond acceptors (Lipinski definition) is 4. The first-order chi connectivity index (χ1) is 10.2. The first-order valence-electron chi connectivity index (χ1n) is 7.94. The molecule has 22 heavy (non-hydrogen) atoms. The summed E-state index contributed by atoms with van der Waals surface area (Å²) in [6, 6.07) is 0. The van der Waals surface area contributed by atoms with Crippen LogP contribution in [0.15, 0.2) is 4.99 Å². The molecular formula is C15H31IN4OS. The summed E-state index contributed by atoms with van der Waals surface area (Å²) in [6.07, 6.45) is 3.55. The van der Waals surface area contributed by atoms with Crippen molar-refractivity contribution in [2.24, 2.45) is 10.9 Å². The maximum Gasteiger partial charge on any atom is 0.191 e. The van der Waals surface area contributed by atoms with E-state index in [1.165, 1.54) is 17.9 Å². The van der Waals surface area contributed by atoms with E-state index in [0.717, 1.165) is 45.1 Å². The zero-order chi connectivity index (χ0) is 15.1. The first-order valence-corrected chi connectivity index (χ1v) is 9.09. The molecule has 130 valence electrons. The van der Waals surface area contributed by atoms with Crippen LogP contribution in [0.3, 0.4) is 0 Å². The van der Waals surface area contributed by atoms with Crippen LogP contribution >= 0.6 is 35.7 Å². The van der Waals surface area contributed by atoms with Crippen molar-refractivity contribution in [3.63, 3.8) is 0 Å². The largest absolute Gasteiger partial charge is 0.381 e. The van der Waals surface area contributed by atoms with Crippen molar-refractivity contribution >= 4 is 41.7 Å². The van der Waals surface area contributed by atoms with Crippen molar-refractivity contribution < 1.29 is 4.74 Å². The van der Waals surface area contributed by atoms with Gasteiger partial charge in [-0.25, -0.2) is 0 Å². The number of ether oxygens (including phenoxy) is 1. The number of aliphatic imine (C=N–C) groups is 1. The van der Waals surface area contributed by atoms with Gasteiger partial charge in [0.1, 0.15) is 0 Å². The Bertz CT molecular complexity index is 342. The summed E-state index contributed by atoms with van der Waals surface area (Å²) < 4.78 is 5.41. The molecule has 7 heteroatoms. The minimum atomic E-state index is 0. The Morgan fingerprint density at radius 2 is 2.05 bits per heavy atom. The number of halogens is 1. The molecule has 2 rings (SSSR count). The topological polar surface area (TPSA) is 48.9 Å². The molecule has 0 aromatic heterocycles. The fourth-order valence-electron chi connectivity index (χ4n) is 2.91. The molecule has 0 aromatic rings. The highest BCUT2D eigenvalue weighted by Gasteiger charge is 2.36. The molecule has 0 aliphatic carbocycles. The molecule has 0 radical (unpaired) electrons. The van der Waals surface area contributed by atoms with Crippen LogP contribution in [0.4, 0.5) is 0 Å². The third kappa shape index (κ3) is 5.72. The molecule has 0 saturated carbocycles. The van der Waals surface area contributed by atoms with E-state index in [1.54, 1.807) is 0 Å². The molecule has 0 spiro atoms. The Morgan fingerprint density at radius 1 is 1.32 bits per heavy atom. The second-order valence-corrected chi connectivity index (χ2v) is 7.39. The zero-order valence-corrected chi connectivity index (χ0v) is 17.2. The Kier molecular flexibility index (Phi) is 9.42. The highest BCUT2D eigenvalue weighted by molar-refractivity contribution is 14.0. The normalized spacial score (nSPS) is 26.8. The average Bonchev–Trinajstić information content (AvgIpc) is 2.99. The van der Waals surface area contributed by atoms with E-state index in [4.69, 9.17) is 4.74 Å². The summed E-state index contributed by atoms with van der Waals surface area (Å²) in [5.74, 6) is 4.10. The lowest BCUT2D eigenvalue weighted by atomic mass is 9.97. The van der Waals surface area contributed by atoms with Gasteiger partial charge in [0.05, 0.1) is 0 Å². The second-order valence-electron chi connectivity index (χ2n) is 6.28. The fourth-order valence-corrected chi connectivity index (χ4v) is 4.46. The van der Waals surface area contributed by atoms with Crippen LogP contribution in [0, 0.1) is 5.92 Å². The lowest BCUT2D eigenvalue weighted by Gasteiger charge is -2.36. The minimum Gasteiger partial charge on any atom is -0.381 e. The van der Waals surface area contributed by atoms with E-state index in [-0.39, 0.29) is 29.5 Å². The first kappa shape index (κ1) is 20.3. The Morgan fingerprint density at radius 3 is 2.59 bits per heavy atom. The quantitative estimate of drug-likeness (QED) is 0.385. The standard InChI is InChI=1S/C15H30N4OS.HI/c1-16-14(17-10-13-4-7-20-8-5-13)18-11-15(19(2)3)6-9-21-12-15;/h13H,4-12H2,1-3H3,(H2,16,17,18);1H. The van der Waals surface area contributed by atoms with E-state index in [2.05, 4.69) is 34.6 Å². The third-order valence-electron chi connectivity index (χ3n) is 4.74. The van der Waals surface area contributed by atoms with Crippen LogP contribution < -0.4 is 10.6 Å². The van der Waals surface area contributed by atoms with Crippen molar-refractivity contribution in [2.45, 2.75) is 24.8 Å². The van der Waals surface area contributed by atoms with Crippen molar-refractivity contribution in [2.75, 3.05) is 59.0 Å². The molecule has 2 saturated heterocycles. The highest BCUT2D eigenvalue weighted by atomic mass is 127. The second kappa shape index (κ2) is 10.2. The molecule has 2 aliphatic heterocycles. The van der Waals surface area contributed by atoms with Crippen molar-refractivity contribution in [1.82, 2.24) is 15.5 Å². The maximum absolute atomic E-state index is 5.41. The van der Waals surface area contributed by atoms with E-state index < -0.39 is 0 Å². The molecule has 1 unspecified atom stereocenters. The van der Waals surface area contributed by atoms with Gasteiger partial charge >= 0.3 is 0 Å². The monoisotopic (exact) mass is 442 g/mol. The van der Waals surface area contributed by atoms with Crippen LogP contribution in [0.1, 0.15) is 19.3 Å². The Balaban J connectivity index is 0.00000242. The van der Waals surface area contributed by atoms with Crippen molar-refractivity contribution in [3.05, 3.63) is 0 Å². The summed E-state index contributed by atoms with van der Waals surface area (Å²) in [4.78, 5) is 6.73. The van der Waals surface area contributed by atoms with Gasteiger partial charge < -0.3 is 20.3 Å². The molecule has 2 aliphatic rings. The van der Waals surface area contributed by atoms with Gasteiger partial charge in [-0.15, -0.1) is 24.0 Å². The summed E-state index contributed by atoms with van der Waals surface area (Å²) in [7, 11) is 6.22. The predicted octanol–water partition coefficient (Wildman–Crippen LogP) is 1.63. The maximum atomic E-state index is 5.41. The van der Waals surface area contributed by atoms with Gasteiger partial charge in [0.2, 0.25) is 0 Å². The van der Waals surface area contributed by atoms with Gasteiger partial charge in [0.15, 0.2) is 5.96 Å². The smallest absolute Gasteiger partial charge is 0.191 e. The molecule has 0 aromatic carbocycles. The Hall–Kier alpha value is 0.270. The van der Waals surface area contributed by atoms with E-state index in [9.17, 15) is 0 Å². The average molecular weight is 442 g/mol. The zero-order valence-electron chi connectivity index (χ0n) is 14.1. The third-order valence-corrected chi connectivity index (χ3v) is 5.97. The predicted molar refractivity (Wildman–Crippen MR) is 107 cm³/mol. The van der Waals surface area contributed by atoms with Crippen molar-refractivity contribution in [1.29, 1.82) is 0 Å². The van der Waals surface area contributed by atoms with E-state index in [1.807, 2.05) is 18.8 Å². The number of guanidine groups is 1. The van der Waals surface area contributed by atoms with Crippen molar-refractivity contribution in [3.8, 4) is 0 Å². The van der Waals surface area contributed by atoms with Crippen LogP contribution in [0.5, 0.6) is 0 Å². The fraction of sp³-hybridized carbons (Fsp3) is 0.933.